The molecule has 1 aliphatic heterocycles. The van der Waals surface area contributed by atoms with Gasteiger partial charge in [-0.1, -0.05) is 13.8 Å². The summed E-state index contributed by atoms with van der Waals surface area (Å²) in [4.78, 5) is 10.7. The summed E-state index contributed by atoms with van der Waals surface area (Å²) >= 11 is 1.78. The van der Waals surface area contributed by atoms with Gasteiger partial charge in [0.15, 0.2) is 0 Å². The van der Waals surface area contributed by atoms with Crippen molar-refractivity contribution in [3.63, 3.8) is 0 Å². The minimum Gasteiger partial charge on any atom is -0.289 e. The van der Waals surface area contributed by atoms with Crippen molar-refractivity contribution in [1.29, 1.82) is 0 Å². The molecule has 0 aromatic carbocycles. The van der Waals surface area contributed by atoms with Crippen molar-refractivity contribution in [1.82, 2.24) is 0 Å². The van der Waals surface area contributed by atoms with Crippen LogP contribution in [-0.2, 0) is 0 Å². The molecule has 2 aliphatic rings. The Bertz CT molecular complexity index is 485. The van der Waals surface area contributed by atoms with Gasteiger partial charge in [0.2, 0.25) is 0 Å². The number of thioether (sulfide) groups is 1. The van der Waals surface area contributed by atoms with E-state index in [9.17, 15) is 0 Å². The molecule has 2 nitrogen and oxygen atoms in total. The molecule has 3 heteroatoms. The van der Waals surface area contributed by atoms with Crippen LogP contribution in [0.25, 0.3) is 0 Å². The van der Waals surface area contributed by atoms with E-state index >= 15 is 0 Å². The summed E-state index contributed by atoms with van der Waals surface area (Å²) in [5.41, 5.74) is 3.81. The molecule has 1 aliphatic carbocycles. The number of hydrogen-bond donors (Lipinski definition) is 0. The van der Waals surface area contributed by atoms with Gasteiger partial charge < -0.3 is 0 Å². The van der Waals surface area contributed by atoms with Crippen LogP contribution in [0.1, 0.15) is 40.0 Å². The van der Waals surface area contributed by atoms with E-state index in [0.717, 1.165) is 18.6 Å². The van der Waals surface area contributed by atoms with E-state index in [1.165, 1.54) is 22.6 Å². The van der Waals surface area contributed by atoms with E-state index in [2.05, 4.69) is 44.2 Å². The maximum absolute atomic E-state index is 5.08. The van der Waals surface area contributed by atoms with Gasteiger partial charge in [0.25, 0.3) is 0 Å². The van der Waals surface area contributed by atoms with E-state index in [4.69, 9.17) is 4.99 Å². The van der Waals surface area contributed by atoms with Crippen LogP contribution < -0.4 is 0 Å². The topological polar surface area (TPSA) is 24.7 Å². The fraction of sp³-hybridized carbons (Fsp3) is 0.625. The average Bonchev–Trinajstić information content (AvgIpc) is 2.45. The molecule has 2 rings (SSSR count). The van der Waals surface area contributed by atoms with Gasteiger partial charge in [0.05, 0.1) is 17.0 Å². The molecule has 19 heavy (non-hydrogen) atoms. The predicted octanol–water partition coefficient (Wildman–Crippen LogP) is 4.28. The summed E-state index contributed by atoms with van der Waals surface area (Å²) in [5.74, 6) is 0.616. The monoisotopic (exact) mass is 276 g/mol. The van der Waals surface area contributed by atoms with Gasteiger partial charge in [0, 0.05) is 12.0 Å². The molecule has 0 saturated carbocycles. The predicted molar refractivity (Wildman–Crippen MR) is 87.6 cm³/mol. The minimum atomic E-state index is 0.100. The number of rotatable bonds is 3. The number of fused-ring (bicyclic) bond motifs is 1. The summed E-state index contributed by atoms with van der Waals surface area (Å²) in [7, 11) is 1.86. The largest absolute Gasteiger partial charge is 0.289 e. The van der Waals surface area contributed by atoms with E-state index in [1.807, 2.05) is 7.05 Å². The quantitative estimate of drug-likeness (QED) is 0.706. The molecular formula is C16H24N2S. The highest BCUT2D eigenvalue weighted by Gasteiger charge is 2.36. The third-order valence-corrected chi connectivity index (χ3v) is 5.08. The summed E-state index contributed by atoms with van der Waals surface area (Å²) in [6.07, 6.45) is 9.98. The fourth-order valence-electron chi connectivity index (χ4n) is 2.87. The smallest absolute Gasteiger partial charge is 0.0753 e. The highest BCUT2D eigenvalue weighted by molar-refractivity contribution is 8.03. The Balaban J connectivity index is 2.54. The van der Waals surface area contributed by atoms with Gasteiger partial charge >= 0.3 is 0 Å². The SMILES string of the molecule is CCC1CC(C)(CC)N=C2C(SC)=CC(=NC)C=C21. The number of nitrogens with zero attached hydrogens (tertiary/aromatic N) is 2. The lowest BCUT2D eigenvalue weighted by Gasteiger charge is -2.38. The van der Waals surface area contributed by atoms with Gasteiger partial charge in [-0.25, -0.2) is 0 Å². The Labute approximate surface area is 121 Å². The first kappa shape index (κ1) is 14.6. The molecule has 2 atom stereocenters. The highest BCUT2D eigenvalue weighted by atomic mass is 32.2. The lowest BCUT2D eigenvalue weighted by atomic mass is 9.75. The molecule has 0 radical (unpaired) electrons. The zero-order chi connectivity index (χ0) is 14.0. The van der Waals surface area contributed by atoms with Crippen LogP contribution in [0.5, 0.6) is 0 Å². The van der Waals surface area contributed by atoms with E-state index < -0.39 is 0 Å². The Morgan fingerprint density at radius 3 is 2.68 bits per heavy atom. The third kappa shape index (κ3) is 2.71. The molecule has 0 amide bonds. The first-order chi connectivity index (χ1) is 9.06. The van der Waals surface area contributed by atoms with Crippen molar-refractivity contribution in [2.75, 3.05) is 13.3 Å². The summed E-state index contributed by atoms with van der Waals surface area (Å²) in [6.45, 7) is 6.82. The van der Waals surface area contributed by atoms with Crippen LogP contribution in [0.4, 0.5) is 0 Å². The normalized spacial score (nSPS) is 32.6. The van der Waals surface area contributed by atoms with Gasteiger partial charge in [-0.3, -0.25) is 9.98 Å². The number of allylic oxidation sites excluding steroid dienone is 4. The first-order valence-corrected chi connectivity index (χ1v) is 8.34. The lowest BCUT2D eigenvalue weighted by Crippen LogP contribution is -2.36. The van der Waals surface area contributed by atoms with Gasteiger partial charge in [-0.15, -0.1) is 11.8 Å². The molecule has 0 fully saturated rings. The molecule has 0 aromatic rings. The molecule has 2 unspecified atom stereocenters. The summed E-state index contributed by atoms with van der Waals surface area (Å²) < 4.78 is 0. The second-order valence-electron chi connectivity index (χ2n) is 5.58. The molecule has 0 N–H and O–H groups in total. The lowest BCUT2D eigenvalue weighted by molar-refractivity contribution is 0.345. The zero-order valence-corrected chi connectivity index (χ0v) is 13.5. The molecule has 0 saturated heterocycles. The van der Waals surface area contributed by atoms with Crippen molar-refractivity contribution in [2.24, 2.45) is 15.9 Å². The molecule has 104 valence electrons. The first-order valence-electron chi connectivity index (χ1n) is 7.11. The van der Waals surface area contributed by atoms with Crippen molar-refractivity contribution in [2.45, 2.75) is 45.6 Å². The van der Waals surface area contributed by atoms with Crippen LogP contribution in [0, 0.1) is 5.92 Å². The molecular weight excluding hydrogens is 252 g/mol. The Morgan fingerprint density at radius 1 is 1.42 bits per heavy atom. The number of aliphatic imine (C=N–C) groups is 2. The average molecular weight is 276 g/mol. The highest BCUT2D eigenvalue weighted by Crippen LogP contribution is 2.41. The van der Waals surface area contributed by atoms with Crippen LogP contribution >= 0.6 is 11.8 Å². The van der Waals surface area contributed by atoms with Gasteiger partial charge in [0.1, 0.15) is 0 Å². The Morgan fingerprint density at radius 2 is 2.16 bits per heavy atom. The molecule has 0 spiro atoms. The summed E-state index contributed by atoms with van der Waals surface area (Å²) in [5, 5.41) is 0. The van der Waals surface area contributed by atoms with E-state index in [1.54, 1.807) is 11.8 Å². The van der Waals surface area contributed by atoms with Crippen LogP contribution in [0.2, 0.25) is 0 Å². The van der Waals surface area contributed by atoms with E-state index in [0.29, 0.717) is 5.92 Å². The van der Waals surface area contributed by atoms with Crippen molar-refractivity contribution >= 4 is 23.2 Å². The minimum absolute atomic E-state index is 0.100. The van der Waals surface area contributed by atoms with Crippen molar-refractivity contribution < 1.29 is 0 Å². The molecule has 0 aromatic heterocycles. The van der Waals surface area contributed by atoms with Gasteiger partial charge in [-0.2, -0.15) is 0 Å². The third-order valence-electron chi connectivity index (χ3n) is 4.33. The van der Waals surface area contributed by atoms with Gasteiger partial charge in [-0.05, 0) is 56.1 Å². The maximum Gasteiger partial charge on any atom is 0.0753 e. The van der Waals surface area contributed by atoms with Crippen molar-refractivity contribution in [3.05, 3.63) is 22.6 Å². The Hall–Kier alpha value is -0.830. The van der Waals surface area contributed by atoms with E-state index in [-0.39, 0.29) is 5.54 Å². The second-order valence-corrected chi connectivity index (χ2v) is 6.43. The number of hydrogen-bond acceptors (Lipinski definition) is 3. The van der Waals surface area contributed by atoms with Crippen LogP contribution in [0.15, 0.2) is 32.6 Å². The molecule has 1 heterocycles. The van der Waals surface area contributed by atoms with Crippen LogP contribution in [0.3, 0.4) is 0 Å². The molecule has 0 bridgehead atoms. The van der Waals surface area contributed by atoms with Crippen molar-refractivity contribution in [3.8, 4) is 0 Å². The zero-order valence-electron chi connectivity index (χ0n) is 12.7. The fourth-order valence-corrected chi connectivity index (χ4v) is 3.47. The second kappa shape index (κ2) is 5.66. The summed E-state index contributed by atoms with van der Waals surface area (Å²) in [6, 6.07) is 0. The standard InChI is InChI=1S/C16H24N2S/c1-6-11-10-16(3,7-2)18-15-13(11)8-12(17-4)9-14(15)19-5/h8-9,11H,6-7,10H2,1-5H3. The maximum atomic E-state index is 5.08. The van der Waals surface area contributed by atoms with Crippen LogP contribution in [-0.4, -0.2) is 30.3 Å². The Kier molecular flexibility index (Phi) is 4.34.